The van der Waals surface area contributed by atoms with E-state index in [2.05, 4.69) is 24.7 Å². The van der Waals surface area contributed by atoms with Gasteiger partial charge in [0, 0.05) is 35.3 Å². The lowest BCUT2D eigenvalue weighted by Gasteiger charge is -2.11. The van der Waals surface area contributed by atoms with Crippen molar-refractivity contribution in [2.24, 2.45) is 10.2 Å². The summed E-state index contributed by atoms with van der Waals surface area (Å²) in [5.41, 5.74) is 1.04. The van der Waals surface area contributed by atoms with Crippen molar-refractivity contribution in [3.63, 3.8) is 0 Å². The zero-order chi connectivity index (χ0) is 18.4. The third kappa shape index (κ3) is 5.50. The number of carbonyl (C=O) groups excluding carboxylic acids is 1. The lowest BCUT2D eigenvalue weighted by molar-refractivity contribution is 0.0993. The maximum atomic E-state index is 11.8. The van der Waals surface area contributed by atoms with Gasteiger partial charge in [-0.05, 0) is 19.1 Å². The van der Waals surface area contributed by atoms with E-state index < -0.39 is 20.3 Å². The Hall–Kier alpha value is -2.52. The minimum Gasteiger partial charge on any atom is -0.506 e. The average molecular weight is 366 g/mol. The molecule has 2 aromatic heterocycles. The van der Waals surface area contributed by atoms with E-state index in [9.17, 15) is 14.5 Å². The van der Waals surface area contributed by atoms with Crippen molar-refractivity contribution in [1.82, 2.24) is 9.97 Å². The van der Waals surface area contributed by atoms with Crippen LogP contribution >= 0.6 is 7.82 Å². The third-order valence-corrected chi connectivity index (χ3v) is 3.60. The summed E-state index contributed by atoms with van der Waals surface area (Å²) in [5, 5.41) is 17.4. The van der Waals surface area contributed by atoms with Gasteiger partial charge in [-0.1, -0.05) is 0 Å². The molecule has 0 unspecified atom stereocenters. The van der Waals surface area contributed by atoms with E-state index in [-0.39, 0.29) is 23.4 Å². The SMILES string of the molecule is Cc1ncc(COP(=O)(O)O)c(CN=NC(=O)c2ccncc2)c1O. The Labute approximate surface area is 142 Å². The number of phosphoric ester groups is 1. The highest BCUT2D eigenvalue weighted by atomic mass is 31.2. The Bertz CT molecular complexity index is 837. The van der Waals surface area contributed by atoms with Crippen molar-refractivity contribution in [2.45, 2.75) is 20.1 Å². The molecular formula is C14H15N4O6P. The van der Waals surface area contributed by atoms with Crippen LogP contribution in [0.2, 0.25) is 0 Å². The van der Waals surface area contributed by atoms with Gasteiger partial charge >= 0.3 is 7.82 Å². The summed E-state index contributed by atoms with van der Waals surface area (Å²) in [6.45, 7) is 0.881. The molecule has 0 radical (unpaired) electrons. The molecule has 0 atom stereocenters. The number of aromatic nitrogens is 2. The number of carbonyl (C=O) groups is 1. The summed E-state index contributed by atoms with van der Waals surface area (Å²) in [4.78, 5) is 37.1. The van der Waals surface area contributed by atoms with E-state index in [1.165, 1.54) is 30.7 Å². The molecule has 10 nitrogen and oxygen atoms in total. The van der Waals surface area contributed by atoms with Gasteiger partial charge in [-0.3, -0.25) is 19.3 Å². The number of nitrogens with zero attached hydrogens (tertiary/aromatic N) is 4. The number of amides is 1. The van der Waals surface area contributed by atoms with Crippen LogP contribution in [0.5, 0.6) is 5.75 Å². The van der Waals surface area contributed by atoms with Crippen LogP contribution in [0, 0.1) is 6.92 Å². The summed E-state index contributed by atoms with van der Waals surface area (Å²) in [6, 6.07) is 2.96. The molecule has 0 aromatic carbocycles. The molecule has 2 rings (SSSR count). The standard InChI is InChI=1S/C14H15N4O6P/c1-9-13(19)12(11(6-16-9)8-24-25(21,22)23)7-17-18-14(20)10-2-4-15-5-3-10/h2-6,19H,7-8H2,1H3,(H2,21,22,23). The van der Waals surface area contributed by atoms with Gasteiger partial charge in [0.05, 0.1) is 18.8 Å². The molecule has 2 heterocycles. The van der Waals surface area contributed by atoms with Crippen LogP contribution in [-0.4, -0.2) is 30.8 Å². The van der Waals surface area contributed by atoms with E-state index in [0.717, 1.165) is 0 Å². The first kappa shape index (κ1) is 18.8. The van der Waals surface area contributed by atoms with E-state index in [1.807, 2.05) is 0 Å². The normalized spacial score (nSPS) is 11.8. The number of phosphoric acid groups is 1. The van der Waals surface area contributed by atoms with Crippen LogP contribution in [-0.2, 0) is 22.2 Å². The molecule has 0 aliphatic carbocycles. The first-order valence-corrected chi connectivity index (χ1v) is 8.49. The molecule has 0 spiro atoms. The summed E-state index contributed by atoms with van der Waals surface area (Å²) < 4.78 is 15.2. The molecule has 0 fully saturated rings. The molecule has 132 valence electrons. The molecule has 11 heteroatoms. The molecule has 0 aliphatic rings. The fourth-order valence-electron chi connectivity index (χ4n) is 1.86. The summed E-state index contributed by atoms with van der Waals surface area (Å²) in [7, 11) is -4.68. The van der Waals surface area contributed by atoms with Gasteiger partial charge in [0.2, 0.25) is 0 Å². The van der Waals surface area contributed by atoms with Crippen molar-refractivity contribution in [2.75, 3.05) is 0 Å². The largest absolute Gasteiger partial charge is 0.506 e. The molecule has 1 amide bonds. The molecular weight excluding hydrogens is 351 g/mol. The van der Waals surface area contributed by atoms with Crippen LogP contribution in [0.1, 0.15) is 27.2 Å². The molecule has 0 aliphatic heterocycles. The summed E-state index contributed by atoms with van der Waals surface area (Å²) in [5.74, 6) is -0.789. The maximum absolute atomic E-state index is 11.8. The van der Waals surface area contributed by atoms with Gasteiger partial charge in [-0.2, -0.15) is 5.11 Å². The average Bonchev–Trinajstić information content (AvgIpc) is 2.57. The highest BCUT2D eigenvalue weighted by Gasteiger charge is 2.18. The zero-order valence-corrected chi connectivity index (χ0v) is 14.0. The van der Waals surface area contributed by atoms with Gasteiger partial charge in [0.25, 0.3) is 5.91 Å². The fraction of sp³-hybridized carbons (Fsp3) is 0.214. The number of azo groups is 1. The van der Waals surface area contributed by atoms with Crippen LogP contribution in [0.4, 0.5) is 0 Å². The van der Waals surface area contributed by atoms with Crippen LogP contribution in [0.15, 0.2) is 41.0 Å². The summed E-state index contributed by atoms with van der Waals surface area (Å²) >= 11 is 0. The Morgan fingerprint density at radius 2 is 2.00 bits per heavy atom. The number of aryl methyl sites for hydroxylation is 1. The predicted molar refractivity (Wildman–Crippen MR) is 84.6 cm³/mol. The minimum absolute atomic E-state index is 0.189. The second-order valence-corrected chi connectivity index (χ2v) is 6.14. The number of pyridine rings is 2. The zero-order valence-electron chi connectivity index (χ0n) is 13.1. The van der Waals surface area contributed by atoms with Crippen molar-refractivity contribution in [1.29, 1.82) is 0 Å². The van der Waals surface area contributed by atoms with Crippen molar-refractivity contribution in [3.05, 3.63) is 53.1 Å². The predicted octanol–water partition coefficient (Wildman–Crippen LogP) is 1.89. The molecule has 2 aromatic rings. The second kappa shape index (κ2) is 8.04. The Morgan fingerprint density at radius 3 is 2.64 bits per heavy atom. The van der Waals surface area contributed by atoms with Gasteiger partial charge < -0.3 is 14.9 Å². The lowest BCUT2D eigenvalue weighted by Crippen LogP contribution is -2.01. The van der Waals surface area contributed by atoms with Crippen molar-refractivity contribution < 1.29 is 28.8 Å². The van der Waals surface area contributed by atoms with E-state index in [1.54, 1.807) is 6.92 Å². The van der Waals surface area contributed by atoms with Crippen LogP contribution < -0.4 is 0 Å². The number of hydrogen-bond donors (Lipinski definition) is 3. The minimum atomic E-state index is -4.68. The first-order chi connectivity index (χ1) is 11.8. The number of rotatable bonds is 6. The molecule has 0 bridgehead atoms. The smallest absolute Gasteiger partial charge is 0.469 e. The van der Waals surface area contributed by atoms with Crippen LogP contribution in [0.3, 0.4) is 0 Å². The van der Waals surface area contributed by atoms with Crippen LogP contribution in [0.25, 0.3) is 0 Å². The van der Waals surface area contributed by atoms with Crippen molar-refractivity contribution >= 4 is 13.7 Å². The highest BCUT2D eigenvalue weighted by Crippen LogP contribution is 2.38. The maximum Gasteiger partial charge on any atom is 0.469 e. The Balaban J connectivity index is 2.17. The summed E-state index contributed by atoms with van der Waals surface area (Å²) in [6.07, 6.45) is 4.19. The van der Waals surface area contributed by atoms with Gasteiger partial charge in [0.1, 0.15) is 5.75 Å². The van der Waals surface area contributed by atoms with Crippen molar-refractivity contribution in [3.8, 4) is 5.75 Å². The second-order valence-electron chi connectivity index (χ2n) is 4.90. The molecule has 0 saturated heterocycles. The molecule has 25 heavy (non-hydrogen) atoms. The monoisotopic (exact) mass is 366 g/mol. The van der Waals surface area contributed by atoms with Gasteiger partial charge in [-0.15, -0.1) is 5.11 Å². The molecule has 0 saturated carbocycles. The quantitative estimate of drug-likeness (QED) is 0.517. The lowest BCUT2D eigenvalue weighted by atomic mass is 10.1. The third-order valence-electron chi connectivity index (χ3n) is 3.14. The first-order valence-electron chi connectivity index (χ1n) is 6.96. The van der Waals surface area contributed by atoms with E-state index >= 15 is 0 Å². The van der Waals surface area contributed by atoms with Gasteiger partial charge in [0.15, 0.2) is 0 Å². The number of hydrogen-bond acceptors (Lipinski definition) is 7. The topological polar surface area (TPSA) is 155 Å². The number of aromatic hydroxyl groups is 1. The fourth-order valence-corrected chi connectivity index (χ4v) is 2.17. The van der Waals surface area contributed by atoms with E-state index in [0.29, 0.717) is 11.3 Å². The Morgan fingerprint density at radius 1 is 1.32 bits per heavy atom. The Kier molecular flexibility index (Phi) is 6.05. The highest BCUT2D eigenvalue weighted by molar-refractivity contribution is 7.46. The van der Waals surface area contributed by atoms with E-state index in [4.69, 9.17) is 9.79 Å². The van der Waals surface area contributed by atoms with Gasteiger partial charge in [-0.25, -0.2) is 4.57 Å². The molecule has 3 N–H and O–H groups in total.